The van der Waals surface area contributed by atoms with Crippen molar-refractivity contribution in [3.8, 4) is 0 Å². The van der Waals surface area contributed by atoms with Gasteiger partial charge in [0.25, 0.3) is 11.8 Å². The van der Waals surface area contributed by atoms with Crippen molar-refractivity contribution in [2.75, 3.05) is 16.8 Å². The lowest BCUT2D eigenvalue weighted by Gasteiger charge is -2.22. The van der Waals surface area contributed by atoms with Crippen molar-refractivity contribution >= 4 is 69.3 Å². The average Bonchev–Trinajstić information content (AvgIpc) is 3.07. The standard InChI is InChI=1S/C22H17Cl3N2O2S/c23-15-4-3-5-16(24)20(15)21(28)26-13-7-8-14(17(25)12-13)22(29)27-10-2-1-6-19-18(27)9-11-30-19/h3-5,7-9,11-12H,1-2,6,10H2,(H,26,28). The van der Waals surface area contributed by atoms with Crippen molar-refractivity contribution in [3.05, 3.63) is 78.9 Å². The highest BCUT2D eigenvalue weighted by atomic mass is 35.5. The fraction of sp³-hybridized carbons (Fsp3) is 0.182. The first kappa shape index (κ1) is 21.2. The summed E-state index contributed by atoms with van der Waals surface area (Å²) in [5.74, 6) is -0.593. The number of carbonyl (C=O) groups is 2. The van der Waals surface area contributed by atoms with E-state index in [9.17, 15) is 9.59 Å². The fourth-order valence-electron chi connectivity index (χ4n) is 3.47. The molecule has 154 valence electrons. The molecule has 0 unspecified atom stereocenters. The van der Waals surface area contributed by atoms with Crippen LogP contribution in [0.2, 0.25) is 15.1 Å². The normalized spacial score (nSPS) is 13.5. The van der Waals surface area contributed by atoms with Crippen LogP contribution in [0, 0.1) is 0 Å². The lowest BCUT2D eigenvalue weighted by atomic mass is 10.1. The number of carbonyl (C=O) groups excluding carboxylic acids is 2. The molecule has 0 fully saturated rings. The lowest BCUT2D eigenvalue weighted by Crippen LogP contribution is -2.31. The number of halogens is 3. The molecule has 0 aliphatic carbocycles. The summed E-state index contributed by atoms with van der Waals surface area (Å²) in [6.07, 6.45) is 2.98. The monoisotopic (exact) mass is 478 g/mol. The zero-order valence-electron chi connectivity index (χ0n) is 15.8. The Morgan fingerprint density at radius 3 is 2.47 bits per heavy atom. The van der Waals surface area contributed by atoms with Gasteiger partial charge in [0.05, 0.1) is 31.9 Å². The van der Waals surface area contributed by atoms with Crippen molar-refractivity contribution in [1.82, 2.24) is 0 Å². The third kappa shape index (κ3) is 4.21. The maximum Gasteiger partial charge on any atom is 0.259 e. The molecular formula is C22H17Cl3N2O2S. The van der Waals surface area contributed by atoms with E-state index in [1.807, 2.05) is 11.4 Å². The molecule has 1 aliphatic heterocycles. The molecule has 2 aromatic carbocycles. The number of hydrogen-bond acceptors (Lipinski definition) is 3. The molecule has 4 rings (SSSR count). The highest BCUT2D eigenvalue weighted by molar-refractivity contribution is 7.10. The smallest absolute Gasteiger partial charge is 0.259 e. The van der Waals surface area contributed by atoms with Gasteiger partial charge in [-0.1, -0.05) is 40.9 Å². The van der Waals surface area contributed by atoms with Crippen LogP contribution in [0.4, 0.5) is 11.4 Å². The molecule has 0 saturated heterocycles. The van der Waals surface area contributed by atoms with Crippen molar-refractivity contribution in [2.45, 2.75) is 19.3 Å². The van der Waals surface area contributed by atoms with E-state index in [2.05, 4.69) is 5.32 Å². The molecule has 2 amide bonds. The Morgan fingerprint density at radius 1 is 0.967 bits per heavy atom. The topological polar surface area (TPSA) is 49.4 Å². The summed E-state index contributed by atoms with van der Waals surface area (Å²) in [6, 6.07) is 11.7. The van der Waals surface area contributed by atoms with E-state index in [1.165, 1.54) is 4.88 Å². The second-order valence-electron chi connectivity index (χ2n) is 6.89. The second kappa shape index (κ2) is 8.98. The Balaban J connectivity index is 1.57. The van der Waals surface area contributed by atoms with Crippen LogP contribution >= 0.6 is 46.1 Å². The van der Waals surface area contributed by atoms with Crippen LogP contribution in [0.1, 0.15) is 38.4 Å². The third-order valence-corrected chi connectivity index (χ3v) is 6.85. The number of nitrogens with zero attached hydrogens (tertiary/aromatic N) is 1. The summed E-state index contributed by atoms with van der Waals surface area (Å²) in [5.41, 5.74) is 1.99. The molecule has 0 spiro atoms. The first-order valence-corrected chi connectivity index (χ1v) is 11.4. The molecule has 4 nitrogen and oxygen atoms in total. The number of thiophene rings is 1. The van der Waals surface area contributed by atoms with Gasteiger partial charge >= 0.3 is 0 Å². The van der Waals surface area contributed by atoms with Gasteiger partial charge in [0.15, 0.2) is 0 Å². The number of benzene rings is 2. The van der Waals surface area contributed by atoms with Crippen LogP contribution in [-0.4, -0.2) is 18.4 Å². The van der Waals surface area contributed by atoms with Gasteiger partial charge in [-0.2, -0.15) is 0 Å². The average molecular weight is 480 g/mol. The van der Waals surface area contributed by atoms with Crippen LogP contribution < -0.4 is 10.2 Å². The quantitative estimate of drug-likeness (QED) is 0.442. The Hall–Kier alpha value is -2.05. The maximum absolute atomic E-state index is 13.2. The highest BCUT2D eigenvalue weighted by Crippen LogP contribution is 2.33. The van der Waals surface area contributed by atoms with Gasteiger partial charge < -0.3 is 10.2 Å². The molecule has 8 heteroatoms. The fourth-order valence-corrected chi connectivity index (χ4v) is 5.22. The lowest BCUT2D eigenvalue weighted by molar-refractivity contribution is 0.0986. The summed E-state index contributed by atoms with van der Waals surface area (Å²) in [4.78, 5) is 28.8. The van der Waals surface area contributed by atoms with Crippen molar-refractivity contribution in [3.63, 3.8) is 0 Å². The number of anilines is 2. The highest BCUT2D eigenvalue weighted by Gasteiger charge is 2.25. The minimum Gasteiger partial charge on any atom is -0.322 e. The van der Waals surface area contributed by atoms with E-state index in [1.54, 1.807) is 52.6 Å². The van der Waals surface area contributed by atoms with Crippen molar-refractivity contribution in [2.24, 2.45) is 0 Å². The second-order valence-corrected chi connectivity index (χ2v) is 9.11. The first-order chi connectivity index (χ1) is 14.5. The van der Waals surface area contributed by atoms with Crippen LogP contribution in [0.5, 0.6) is 0 Å². The Kier molecular flexibility index (Phi) is 6.34. The van der Waals surface area contributed by atoms with Gasteiger partial charge in [-0.3, -0.25) is 9.59 Å². The first-order valence-electron chi connectivity index (χ1n) is 9.39. The maximum atomic E-state index is 13.2. The van der Waals surface area contributed by atoms with E-state index >= 15 is 0 Å². The molecule has 2 heterocycles. The molecule has 0 bridgehead atoms. The summed E-state index contributed by atoms with van der Waals surface area (Å²) in [6.45, 7) is 0.655. The SMILES string of the molecule is O=C(Nc1ccc(C(=O)N2CCCCc3sccc32)c(Cl)c1)c1c(Cl)cccc1Cl. The summed E-state index contributed by atoms with van der Waals surface area (Å²) >= 11 is 20.3. The van der Waals surface area contributed by atoms with Gasteiger partial charge in [-0.15, -0.1) is 11.3 Å². The third-order valence-electron chi connectivity index (χ3n) is 4.94. The van der Waals surface area contributed by atoms with Crippen LogP contribution in [0.25, 0.3) is 0 Å². The number of amides is 2. The van der Waals surface area contributed by atoms with Crippen LogP contribution in [0.3, 0.4) is 0 Å². The summed E-state index contributed by atoms with van der Waals surface area (Å²) in [5, 5.41) is 5.52. The van der Waals surface area contributed by atoms with Crippen LogP contribution in [0.15, 0.2) is 47.8 Å². The predicted molar refractivity (Wildman–Crippen MR) is 125 cm³/mol. The minimum atomic E-state index is -0.448. The van der Waals surface area contributed by atoms with Gasteiger partial charge in [0, 0.05) is 17.1 Å². The van der Waals surface area contributed by atoms with Crippen molar-refractivity contribution in [1.29, 1.82) is 0 Å². The van der Waals surface area contributed by atoms with Gasteiger partial charge in [-0.25, -0.2) is 0 Å². The number of nitrogens with one attached hydrogen (secondary N) is 1. The molecule has 0 saturated carbocycles. The van der Waals surface area contributed by atoms with Crippen LogP contribution in [-0.2, 0) is 6.42 Å². The van der Waals surface area contributed by atoms with E-state index < -0.39 is 5.91 Å². The molecule has 1 aromatic heterocycles. The Labute approximate surface area is 193 Å². The summed E-state index contributed by atoms with van der Waals surface area (Å²) < 4.78 is 0. The molecule has 0 atom stereocenters. The number of rotatable bonds is 3. The Morgan fingerprint density at radius 2 is 1.73 bits per heavy atom. The largest absolute Gasteiger partial charge is 0.322 e. The van der Waals surface area contributed by atoms with E-state index in [4.69, 9.17) is 34.8 Å². The molecule has 3 aromatic rings. The van der Waals surface area contributed by atoms with E-state index in [0.717, 1.165) is 24.9 Å². The summed E-state index contributed by atoms with van der Waals surface area (Å²) in [7, 11) is 0. The van der Waals surface area contributed by atoms with Gasteiger partial charge in [-0.05, 0) is 61.0 Å². The zero-order chi connectivity index (χ0) is 21.3. The molecule has 1 aliphatic rings. The van der Waals surface area contributed by atoms with Crippen molar-refractivity contribution < 1.29 is 9.59 Å². The molecule has 30 heavy (non-hydrogen) atoms. The number of fused-ring (bicyclic) bond motifs is 1. The van der Waals surface area contributed by atoms with E-state index in [0.29, 0.717) is 17.8 Å². The predicted octanol–water partition coefficient (Wildman–Crippen LogP) is 6.94. The minimum absolute atomic E-state index is 0.145. The Bertz CT molecular complexity index is 1110. The van der Waals surface area contributed by atoms with Gasteiger partial charge in [0.2, 0.25) is 0 Å². The van der Waals surface area contributed by atoms with Gasteiger partial charge in [0.1, 0.15) is 0 Å². The van der Waals surface area contributed by atoms with E-state index in [-0.39, 0.29) is 26.5 Å². The molecular weight excluding hydrogens is 463 g/mol. The molecule has 1 N–H and O–H groups in total. The molecule has 0 radical (unpaired) electrons. The number of aryl methyl sites for hydroxylation is 1. The number of hydrogen-bond donors (Lipinski definition) is 1. The zero-order valence-corrected chi connectivity index (χ0v) is 18.8.